The van der Waals surface area contributed by atoms with E-state index in [4.69, 9.17) is 15.2 Å². The van der Waals surface area contributed by atoms with Crippen molar-refractivity contribution >= 4 is 0 Å². The van der Waals surface area contributed by atoms with E-state index in [2.05, 4.69) is 4.98 Å². The standard InChI is InChI=1S/C17H22N2O2/c1-4-13(18)17(14-7-5-6-10-19-14)21-15-9-8-12(2)11-16(15)20-3/h5-11,13,17H,4,18H2,1-3H3. The Balaban J connectivity index is 2.32. The molecule has 4 heteroatoms. The topological polar surface area (TPSA) is 57.4 Å². The molecule has 1 aromatic carbocycles. The number of hydrogen-bond donors (Lipinski definition) is 1. The van der Waals surface area contributed by atoms with Crippen molar-refractivity contribution in [2.45, 2.75) is 32.4 Å². The fourth-order valence-corrected chi connectivity index (χ4v) is 2.13. The van der Waals surface area contributed by atoms with Crippen LogP contribution in [0, 0.1) is 6.92 Å². The van der Waals surface area contributed by atoms with Gasteiger partial charge >= 0.3 is 0 Å². The van der Waals surface area contributed by atoms with Gasteiger partial charge in [0.25, 0.3) is 0 Å². The van der Waals surface area contributed by atoms with Gasteiger partial charge in [0.1, 0.15) is 0 Å². The molecular formula is C17H22N2O2. The van der Waals surface area contributed by atoms with Crippen LogP contribution in [0.2, 0.25) is 0 Å². The van der Waals surface area contributed by atoms with Gasteiger partial charge in [0, 0.05) is 12.2 Å². The molecule has 1 aromatic heterocycles. The molecule has 0 spiro atoms. The Hall–Kier alpha value is -2.07. The fourth-order valence-electron chi connectivity index (χ4n) is 2.13. The molecule has 0 saturated carbocycles. The van der Waals surface area contributed by atoms with Crippen LogP contribution in [0.25, 0.3) is 0 Å². The number of nitrogens with zero attached hydrogens (tertiary/aromatic N) is 1. The van der Waals surface area contributed by atoms with Crippen LogP contribution in [0.1, 0.15) is 30.7 Å². The highest BCUT2D eigenvalue weighted by Gasteiger charge is 2.23. The second kappa shape index (κ2) is 7.09. The Kier molecular flexibility index (Phi) is 5.17. The molecule has 0 bridgehead atoms. The highest BCUT2D eigenvalue weighted by molar-refractivity contribution is 5.43. The minimum atomic E-state index is -0.298. The van der Waals surface area contributed by atoms with Crippen molar-refractivity contribution in [3.8, 4) is 11.5 Å². The van der Waals surface area contributed by atoms with Gasteiger partial charge in [-0.3, -0.25) is 4.98 Å². The Labute approximate surface area is 125 Å². The van der Waals surface area contributed by atoms with Crippen molar-refractivity contribution in [2.75, 3.05) is 7.11 Å². The number of methoxy groups -OCH3 is 1. The average Bonchev–Trinajstić information content (AvgIpc) is 2.53. The zero-order valence-corrected chi connectivity index (χ0v) is 12.7. The molecule has 4 nitrogen and oxygen atoms in total. The van der Waals surface area contributed by atoms with E-state index in [0.717, 1.165) is 17.7 Å². The Morgan fingerprint density at radius 3 is 2.62 bits per heavy atom. The van der Waals surface area contributed by atoms with Gasteiger partial charge in [-0.15, -0.1) is 0 Å². The monoisotopic (exact) mass is 286 g/mol. The van der Waals surface area contributed by atoms with Gasteiger partial charge in [0.05, 0.1) is 12.8 Å². The number of rotatable bonds is 6. The maximum Gasteiger partial charge on any atom is 0.162 e. The molecule has 2 atom stereocenters. The van der Waals surface area contributed by atoms with Gasteiger partial charge in [-0.1, -0.05) is 19.1 Å². The zero-order valence-electron chi connectivity index (χ0n) is 12.7. The third-order valence-electron chi connectivity index (χ3n) is 3.41. The van der Waals surface area contributed by atoms with Crippen molar-refractivity contribution in [1.29, 1.82) is 0 Å². The summed E-state index contributed by atoms with van der Waals surface area (Å²) in [6.45, 7) is 4.05. The van der Waals surface area contributed by atoms with Gasteiger partial charge in [0.2, 0.25) is 0 Å². The first-order valence-corrected chi connectivity index (χ1v) is 7.13. The summed E-state index contributed by atoms with van der Waals surface area (Å²) in [5, 5.41) is 0. The summed E-state index contributed by atoms with van der Waals surface area (Å²) >= 11 is 0. The zero-order chi connectivity index (χ0) is 15.2. The average molecular weight is 286 g/mol. The fraction of sp³-hybridized carbons (Fsp3) is 0.353. The van der Waals surface area contributed by atoms with E-state index in [-0.39, 0.29) is 12.1 Å². The lowest BCUT2D eigenvalue weighted by atomic mass is 10.1. The lowest BCUT2D eigenvalue weighted by Crippen LogP contribution is -2.32. The molecule has 0 aliphatic rings. The highest BCUT2D eigenvalue weighted by Crippen LogP contribution is 2.32. The third-order valence-corrected chi connectivity index (χ3v) is 3.41. The van der Waals surface area contributed by atoms with Gasteiger partial charge in [-0.05, 0) is 43.2 Å². The van der Waals surface area contributed by atoms with E-state index in [1.807, 2.05) is 50.2 Å². The largest absolute Gasteiger partial charge is 0.493 e. The second-order valence-electron chi connectivity index (χ2n) is 5.02. The number of aromatic nitrogens is 1. The number of benzene rings is 1. The molecule has 2 N–H and O–H groups in total. The molecule has 0 aliphatic heterocycles. The number of hydrogen-bond acceptors (Lipinski definition) is 4. The molecule has 21 heavy (non-hydrogen) atoms. The van der Waals surface area contributed by atoms with Crippen LogP contribution in [0.4, 0.5) is 0 Å². The summed E-state index contributed by atoms with van der Waals surface area (Å²) in [5.41, 5.74) is 8.16. The van der Waals surface area contributed by atoms with Crippen LogP contribution in [-0.4, -0.2) is 18.1 Å². The minimum absolute atomic E-state index is 0.133. The molecule has 0 radical (unpaired) electrons. The molecule has 0 saturated heterocycles. The lowest BCUT2D eigenvalue weighted by Gasteiger charge is -2.24. The second-order valence-corrected chi connectivity index (χ2v) is 5.02. The predicted molar refractivity (Wildman–Crippen MR) is 83.6 cm³/mol. The van der Waals surface area contributed by atoms with E-state index >= 15 is 0 Å². The van der Waals surface area contributed by atoms with Crippen molar-refractivity contribution in [1.82, 2.24) is 4.98 Å². The molecular weight excluding hydrogens is 264 g/mol. The van der Waals surface area contributed by atoms with Crippen LogP contribution in [0.5, 0.6) is 11.5 Å². The van der Waals surface area contributed by atoms with Crippen molar-refractivity contribution in [3.63, 3.8) is 0 Å². The first-order valence-electron chi connectivity index (χ1n) is 7.13. The van der Waals surface area contributed by atoms with Crippen LogP contribution < -0.4 is 15.2 Å². The van der Waals surface area contributed by atoms with E-state index in [9.17, 15) is 0 Å². The third kappa shape index (κ3) is 3.73. The summed E-state index contributed by atoms with van der Waals surface area (Å²) < 4.78 is 11.5. The maximum atomic E-state index is 6.21. The maximum absolute atomic E-state index is 6.21. The van der Waals surface area contributed by atoms with E-state index in [0.29, 0.717) is 11.5 Å². The van der Waals surface area contributed by atoms with E-state index < -0.39 is 0 Å². The molecule has 0 aliphatic carbocycles. The molecule has 2 unspecified atom stereocenters. The van der Waals surface area contributed by atoms with Gasteiger partial charge in [-0.2, -0.15) is 0 Å². The number of nitrogens with two attached hydrogens (primary N) is 1. The van der Waals surface area contributed by atoms with Crippen molar-refractivity contribution in [3.05, 3.63) is 53.9 Å². The van der Waals surface area contributed by atoms with Gasteiger partial charge in [-0.25, -0.2) is 0 Å². The van der Waals surface area contributed by atoms with Gasteiger partial charge < -0.3 is 15.2 Å². The summed E-state index contributed by atoms with van der Waals surface area (Å²) in [7, 11) is 1.64. The summed E-state index contributed by atoms with van der Waals surface area (Å²) in [6.07, 6.45) is 2.25. The first kappa shape index (κ1) is 15.3. The smallest absolute Gasteiger partial charge is 0.162 e. The van der Waals surface area contributed by atoms with Gasteiger partial charge in [0.15, 0.2) is 17.6 Å². The number of aryl methyl sites for hydroxylation is 1. The molecule has 2 rings (SSSR count). The summed E-state index contributed by atoms with van der Waals surface area (Å²) in [4.78, 5) is 4.37. The normalized spacial score (nSPS) is 13.5. The number of ether oxygens (including phenoxy) is 2. The minimum Gasteiger partial charge on any atom is -0.493 e. The lowest BCUT2D eigenvalue weighted by molar-refractivity contribution is 0.160. The summed E-state index contributed by atoms with van der Waals surface area (Å²) in [5.74, 6) is 1.39. The van der Waals surface area contributed by atoms with Crippen LogP contribution in [0.3, 0.4) is 0 Å². The molecule has 1 heterocycles. The molecule has 0 fully saturated rings. The molecule has 112 valence electrons. The number of pyridine rings is 1. The van der Waals surface area contributed by atoms with Crippen LogP contribution in [-0.2, 0) is 0 Å². The first-order chi connectivity index (χ1) is 10.2. The van der Waals surface area contributed by atoms with Crippen LogP contribution in [0.15, 0.2) is 42.6 Å². The Morgan fingerprint density at radius 1 is 1.19 bits per heavy atom. The Morgan fingerprint density at radius 2 is 2.00 bits per heavy atom. The highest BCUT2D eigenvalue weighted by atomic mass is 16.5. The van der Waals surface area contributed by atoms with Crippen molar-refractivity contribution < 1.29 is 9.47 Å². The van der Waals surface area contributed by atoms with Crippen LogP contribution >= 0.6 is 0 Å². The van der Waals surface area contributed by atoms with E-state index in [1.165, 1.54) is 0 Å². The molecule has 0 amide bonds. The van der Waals surface area contributed by atoms with E-state index in [1.54, 1.807) is 13.3 Å². The molecule has 2 aromatic rings. The quantitative estimate of drug-likeness (QED) is 0.885. The predicted octanol–water partition coefficient (Wildman–Crippen LogP) is 3.26. The van der Waals surface area contributed by atoms with Crippen molar-refractivity contribution in [2.24, 2.45) is 5.73 Å². The SMILES string of the molecule is CCC(N)C(Oc1ccc(C)cc1OC)c1ccccn1. The summed E-state index contributed by atoms with van der Waals surface area (Å²) in [6, 6.07) is 11.5. The Bertz CT molecular complexity index is 572.